The molecule has 0 aliphatic carbocycles. The van der Waals surface area contributed by atoms with Crippen LogP contribution >= 0.6 is 0 Å². The summed E-state index contributed by atoms with van der Waals surface area (Å²) >= 11 is 0. The molecule has 1 heterocycles. The van der Waals surface area contributed by atoms with Crippen molar-refractivity contribution in [3.63, 3.8) is 0 Å². The fourth-order valence-electron chi connectivity index (χ4n) is 2.37. The molecule has 1 aliphatic heterocycles. The van der Waals surface area contributed by atoms with Crippen LogP contribution < -0.4 is 25.0 Å². The molecule has 2 N–H and O–H groups in total. The number of amides is 2. The summed E-state index contributed by atoms with van der Waals surface area (Å²) in [5.41, 5.74) is 3.52. The average molecular weight is 369 g/mol. The van der Waals surface area contributed by atoms with Gasteiger partial charge in [0, 0.05) is 5.56 Å². The second-order valence-corrected chi connectivity index (χ2v) is 5.55. The molecule has 0 fully saturated rings. The number of benzene rings is 2. The first-order valence-electron chi connectivity index (χ1n) is 8.38. The third-order valence-electron chi connectivity index (χ3n) is 3.62. The van der Waals surface area contributed by atoms with Crippen molar-refractivity contribution < 1.29 is 23.8 Å². The van der Waals surface area contributed by atoms with Crippen molar-refractivity contribution >= 4 is 18.0 Å². The number of fused-ring (bicyclic) bond motifs is 1. The van der Waals surface area contributed by atoms with Crippen molar-refractivity contribution in [1.29, 1.82) is 0 Å². The predicted molar refractivity (Wildman–Crippen MR) is 98.2 cm³/mol. The van der Waals surface area contributed by atoms with E-state index in [0.29, 0.717) is 23.7 Å². The summed E-state index contributed by atoms with van der Waals surface area (Å²) in [5.74, 6) is 0.986. The summed E-state index contributed by atoms with van der Waals surface area (Å²) in [5, 5.41) is 6.40. The van der Waals surface area contributed by atoms with Gasteiger partial charge in [0.15, 0.2) is 11.5 Å². The molecule has 1 aliphatic rings. The average Bonchev–Trinajstić information content (AvgIpc) is 3.14. The van der Waals surface area contributed by atoms with Gasteiger partial charge in [-0.3, -0.25) is 9.59 Å². The molecule has 0 unspecified atom stereocenters. The van der Waals surface area contributed by atoms with E-state index in [1.165, 1.54) is 6.21 Å². The van der Waals surface area contributed by atoms with E-state index < -0.39 is 11.8 Å². The molecule has 0 atom stereocenters. The summed E-state index contributed by atoms with van der Waals surface area (Å²) in [6.07, 6.45) is 1.50. The van der Waals surface area contributed by atoms with E-state index in [-0.39, 0.29) is 13.3 Å². The highest BCUT2D eigenvalue weighted by Crippen LogP contribution is 2.32. The number of hydrazone groups is 1. The number of nitrogens with zero attached hydrogens (tertiary/aromatic N) is 1. The minimum absolute atomic E-state index is 0.133. The Morgan fingerprint density at radius 2 is 2.04 bits per heavy atom. The van der Waals surface area contributed by atoms with Gasteiger partial charge in [-0.2, -0.15) is 5.10 Å². The number of carbonyl (C=O) groups is 2. The van der Waals surface area contributed by atoms with Crippen molar-refractivity contribution in [2.24, 2.45) is 5.10 Å². The van der Waals surface area contributed by atoms with Gasteiger partial charge in [-0.15, -0.1) is 0 Å². The van der Waals surface area contributed by atoms with Crippen LogP contribution in [0.4, 0.5) is 0 Å². The highest BCUT2D eigenvalue weighted by atomic mass is 16.7. The van der Waals surface area contributed by atoms with Gasteiger partial charge in [0.1, 0.15) is 5.75 Å². The minimum atomic E-state index is -0.443. The molecule has 3 rings (SSSR count). The summed E-state index contributed by atoms with van der Waals surface area (Å²) < 4.78 is 15.8. The number of hydrogen-bond donors (Lipinski definition) is 2. The van der Waals surface area contributed by atoms with Crippen molar-refractivity contribution in [2.75, 3.05) is 19.9 Å². The molecule has 0 spiro atoms. The van der Waals surface area contributed by atoms with Crippen LogP contribution in [0.5, 0.6) is 17.2 Å². The zero-order chi connectivity index (χ0) is 19.1. The Bertz CT molecular complexity index is 866. The summed E-state index contributed by atoms with van der Waals surface area (Å²) in [6, 6.07) is 12.1. The molecule has 2 aromatic rings. The molecule has 0 aromatic heterocycles. The Balaban J connectivity index is 1.46. The lowest BCUT2D eigenvalue weighted by atomic mass is 10.2. The fourth-order valence-corrected chi connectivity index (χ4v) is 2.37. The standard InChI is InChI=1S/C19H19N3O5/c1-2-25-15-5-3-4-13(8-15)10-21-22-18(23)11-20-19(24)14-6-7-16-17(9-14)27-12-26-16/h3-10H,2,11-12H2,1H3,(H,20,24)(H,22,23)/b21-10+. The maximum Gasteiger partial charge on any atom is 0.259 e. The Morgan fingerprint density at radius 3 is 2.89 bits per heavy atom. The maximum atomic E-state index is 12.1. The summed E-state index contributed by atoms with van der Waals surface area (Å²) in [4.78, 5) is 23.9. The molecule has 2 amide bonds. The van der Waals surface area contributed by atoms with Crippen molar-refractivity contribution in [1.82, 2.24) is 10.7 Å². The van der Waals surface area contributed by atoms with E-state index in [2.05, 4.69) is 15.8 Å². The third-order valence-corrected chi connectivity index (χ3v) is 3.62. The first kappa shape index (κ1) is 18.2. The minimum Gasteiger partial charge on any atom is -0.494 e. The molecule has 8 nitrogen and oxygen atoms in total. The van der Waals surface area contributed by atoms with Gasteiger partial charge < -0.3 is 19.5 Å². The summed E-state index contributed by atoms with van der Waals surface area (Å²) in [6.45, 7) is 2.40. The Labute approximate surface area is 156 Å². The van der Waals surface area contributed by atoms with E-state index in [1.807, 2.05) is 25.1 Å². The first-order valence-corrected chi connectivity index (χ1v) is 8.38. The van der Waals surface area contributed by atoms with Gasteiger partial charge >= 0.3 is 0 Å². The first-order chi connectivity index (χ1) is 13.2. The van der Waals surface area contributed by atoms with E-state index in [4.69, 9.17) is 14.2 Å². The van der Waals surface area contributed by atoms with E-state index in [1.54, 1.807) is 24.3 Å². The third kappa shape index (κ3) is 4.97. The highest BCUT2D eigenvalue weighted by Gasteiger charge is 2.16. The van der Waals surface area contributed by atoms with Gasteiger partial charge in [0.2, 0.25) is 6.79 Å². The van der Waals surface area contributed by atoms with Crippen LogP contribution in [0.3, 0.4) is 0 Å². The molecular formula is C19H19N3O5. The number of hydrogen-bond acceptors (Lipinski definition) is 6. The smallest absolute Gasteiger partial charge is 0.259 e. The van der Waals surface area contributed by atoms with E-state index in [9.17, 15) is 9.59 Å². The topological polar surface area (TPSA) is 98.2 Å². The molecule has 8 heteroatoms. The fraction of sp³-hybridized carbons (Fsp3) is 0.211. The van der Waals surface area contributed by atoms with Gasteiger partial charge in [-0.1, -0.05) is 12.1 Å². The summed E-state index contributed by atoms with van der Waals surface area (Å²) in [7, 11) is 0. The molecule has 0 saturated heterocycles. The Hall–Kier alpha value is -3.55. The zero-order valence-electron chi connectivity index (χ0n) is 14.7. The highest BCUT2D eigenvalue weighted by molar-refractivity contribution is 5.97. The second-order valence-electron chi connectivity index (χ2n) is 5.55. The van der Waals surface area contributed by atoms with E-state index in [0.717, 1.165) is 11.3 Å². The maximum absolute atomic E-state index is 12.1. The van der Waals surface area contributed by atoms with Crippen LogP contribution in [0.1, 0.15) is 22.8 Å². The lowest BCUT2D eigenvalue weighted by Crippen LogP contribution is -2.34. The Kier molecular flexibility index (Phi) is 5.88. The number of ether oxygens (including phenoxy) is 3. The molecule has 0 bridgehead atoms. The van der Waals surface area contributed by atoms with Crippen LogP contribution in [0.2, 0.25) is 0 Å². The van der Waals surface area contributed by atoms with Crippen LogP contribution in [-0.4, -0.2) is 38.0 Å². The van der Waals surface area contributed by atoms with Gasteiger partial charge in [0.05, 0.1) is 19.4 Å². The van der Waals surface area contributed by atoms with Crippen LogP contribution in [0, 0.1) is 0 Å². The van der Waals surface area contributed by atoms with E-state index >= 15 is 0 Å². The largest absolute Gasteiger partial charge is 0.494 e. The molecule has 27 heavy (non-hydrogen) atoms. The van der Waals surface area contributed by atoms with Crippen LogP contribution in [0.25, 0.3) is 0 Å². The molecular weight excluding hydrogens is 350 g/mol. The molecule has 0 saturated carbocycles. The predicted octanol–water partition coefficient (Wildman–Crippen LogP) is 1.69. The van der Waals surface area contributed by atoms with Crippen LogP contribution in [-0.2, 0) is 4.79 Å². The number of rotatable bonds is 7. The van der Waals surface area contributed by atoms with Crippen molar-refractivity contribution in [3.8, 4) is 17.2 Å². The SMILES string of the molecule is CCOc1cccc(/C=N/NC(=O)CNC(=O)c2ccc3c(c2)OCO3)c1. The second kappa shape index (κ2) is 8.70. The zero-order valence-corrected chi connectivity index (χ0v) is 14.7. The molecule has 0 radical (unpaired) electrons. The lowest BCUT2D eigenvalue weighted by molar-refractivity contribution is -0.120. The monoisotopic (exact) mass is 369 g/mol. The molecule has 2 aromatic carbocycles. The molecule has 140 valence electrons. The van der Waals surface area contributed by atoms with Crippen LogP contribution in [0.15, 0.2) is 47.6 Å². The lowest BCUT2D eigenvalue weighted by Gasteiger charge is -2.05. The normalized spacial score (nSPS) is 12.0. The number of carbonyl (C=O) groups excluding carboxylic acids is 2. The van der Waals surface area contributed by atoms with Gasteiger partial charge in [-0.05, 0) is 42.8 Å². The van der Waals surface area contributed by atoms with Gasteiger partial charge in [0.25, 0.3) is 11.8 Å². The Morgan fingerprint density at radius 1 is 1.19 bits per heavy atom. The number of nitrogens with one attached hydrogen (secondary N) is 2. The van der Waals surface area contributed by atoms with Crippen molar-refractivity contribution in [2.45, 2.75) is 6.92 Å². The quantitative estimate of drug-likeness (QED) is 0.572. The van der Waals surface area contributed by atoms with Gasteiger partial charge in [-0.25, -0.2) is 5.43 Å². The van der Waals surface area contributed by atoms with Crippen molar-refractivity contribution in [3.05, 3.63) is 53.6 Å².